The summed E-state index contributed by atoms with van der Waals surface area (Å²) >= 11 is 0. The lowest BCUT2D eigenvalue weighted by molar-refractivity contribution is -0.144. The first kappa shape index (κ1) is 12.4. The van der Waals surface area contributed by atoms with Crippen LogP contribution in [0.3, 0.4) is 0 Å². The highest BCUT2D eigenvalue weighted by atomic mass is 16.5. The van der Waals surface area contributed by atoms with E-state index in [-0.39, 0.29) is 5.78 Å². The van der Waals surface area contributed by atoms with E-state index in [1.54, 1.807) is 6.08 Å². The molecule has 0 spiro atoms. The average Bonchev–Trinajstić information content (AvgIpc) is 2.14. The summed E-state index contributed by atoms with van der Waals surface area (Å²) in [7, 11) is 0. The predicted molar refractivity (Wildman–Crippen MR) is 54.8 cm³/mol. The normalized spacial score (nSPS) is 11.3. The molecule has 0 aliphatic rings. The Hall–Kier alpha value is -0.630. The fourth-order valence-corrected chi connectivity index (χ4v) is 1.52. The van der Waals surface area contributed by atoms with Crippen LogP contribution in [-0.4, -0.2) is 18.0 Å². The van der Waals surface area contributed by atoms with Crippen LogP contribution in [0.2, 0.25) is 0 Å². The first-order chi connectivity index (χ1) is 6.16. The monoisotopic (exact) mass is 184 g/mol. The molecule has 0 amide bonds. The second-order valence-corrected chi connectivity index (χ2v) is 3.05. The number of ketones is 1. The van der Waals surface area contributed by atoms with Gasteiger partial charge in [0.15, 0.2) is 5.78 Å². The first-order valence-corrected chi connectivity index (χ1v) is 4.95. The van der Waals surface area contributed by atoms with Crippen LogP contribution in [-0.2, 0) is 9.53 Å². The summed E-state index contributed by atoms with van der Waals surface area (Å²) in [5, 5.41) is 0. The molecule has 2 heteroatoms. The van der Waals surface area contributed by atoms with E-state index in [2.05, 4.69) is 6.58 Å². The molecule has 0 saturated heterocycles. The number of hydrogen-bond acceptors (Lipinski definition) is 2. The lowest BCUT2D eigenvalue weighted by atomic mass is 9.90. The van der Waals surface area contributed by atoms with Crippen molar-refractivity contribution in [2.45, 2.75) is 45.6 Å². The summed E-state index contributed by atoms with van der Waals surface area (Å²) in [5.41, 5.74) is -0.567. The average molecular weight is 184 g/mol. The van der Waals surface area contributed by atoms with Gasteiger partial charge in [-0.25, -0.2) is 0 Å². The Balaban J connectivity index is 4.52. The number of Topliss-reactive ketones (excluding diaryl/α,β-unsaturated/α-hetero) is 1. The van der Waals surface area contributed by atoms with Crippen molar-refractivity contribution in [3.05, 3.63) is 12.7 Å². The zero-order valence-corrected chi connectivity index (χ0v) is 8.93. The molecule has 13 heavy (non-hydrogen) atoms. The standard InChI is InChI=1S/C11H20O2/c1-5-9-10(12)11(6-2,7-3)13-8-4/h5H,1,6-9H2,2-4H3. The molecule has 0 saturated carbocycles. The summed E-state index contributed by atoms with van der Waals surface area (Å²) in [6.45, 7) is 10.0. The molecular weight excluding hydrogens is 164 g/mol. The van der Waals surface area contributed by atoms with E-state index in [0.717, 1.165) is 12.8 Å². The molecule has 0 rings (SSSR count). The van der Waals surface area contributed by atoms with Gasteiger partial charge < -0.3 is 4.74 Å². The van der Waals surface area contributed by atoms with Crippen molar-refractivity contribution in [3.8, 4) is 0 Å². The van der Waals surface area contributed by atoms with E-state index in [1.807, 2.05) is 20.8 Å². The zero-order valence-electron chi connectivity index (χ0n) is 8.93. The Labute approximate surface area is 81.0 Å². The third kappa shape index (κ3) is 2.96. The van der Waals surface area contributed by atoms with Gasteiger partial charge in [0, 0.05) is 13.0 Å². The Morgan fingerprint density at radius 1 is 1.38 bits per heavy atom. The fourth-order valence-electron chi connectivity index (χ4n) is 1.52. The maximum absolute atomic E-state index is 11.7. The van der Waals surface area contributed by atoms with Gasteiger partial charge in [-0.05, 0) is 19.8 Å². The topological polar surface area (TPSA) is 26.3 Å². The van der Waals surface area contributed by atoms with Crippen molar-refractivity contribution in [2.24, 2.45) is 0 Å². The molecular formula is C11H20O2. The highest BCUT2D eigenvalue weighted by Crippen LogP contribution is 2.23. The van der Waals surface area contributed by atoms with Crippen LogP contribution in [0.15, 0.2) is 12.7 Å². The summed E-state index contributed by atoms with van der Waals surface area (Å²) in [6, 6.07) is 0. The summed E-state index contributed by atoms with van der Waals surface area (Å²) in [4.78, 5) is 11.7. The van der Waals surface area contributed by atoms with E-state index in [4.69, 9.17) is 4.74 Å². The van der Waals surface area contributed by atoms with Crippen LogP contribution in [0.1, 0.15) is 40.0 Å². The molecule has 0 unspecified atom stereocenters. The molecule has 0 aliphatic heterocycles. The molecule has 0 bridgehead atoms. The number of carbonyl (C=O) groups excluding carboxylic acids is 1. The van der Waals surface area contributed by atoms with Gasteiger partial charge in [0.25, 0.3) is 0 Å². The lowest BCUT2D eigenvalue weighted by Gasteiger charge is -2.29. The smallest absolute Gasteiger partial charge is 0.168 e. The summed E-state index contributed by atoms with van der Waals surface area (Å²) in [6.07, 6.45) is 3.52. The van der Waals surface area contributed by atoms with Crippen LogP contribution in [0, 0.1) is 0 Å². The van der Waals surface area contributed by atoms with Gasteiger partial charge in [-0.3, -0.25) is 4.79 Å². The molecule has 0 aromatic heterocycles. The van der Waals surface area contributed by atoms with Gasteiger partial charge in [-0.15, -0.1) is 6.58 Å². The van der Waals surface area contributed by atoms with Crippen LogP contribution < -0.4 is 0 Å². The van der Waals surface area contributed by atoms with Gasteiger partial charge in [-0.1, -0.05) is 19.9 Å². The minimum Gasteiger partial charge on any atom is -0.368 e. The van der Waals surface area contributed by atoms with Crippen molar-refractivity contribution in [1.29, 1.82) is 0 Å². The highest BCUT2D eigenvalue weighted by Gasteiger charge is 2.33. The van der Waals surface area contributed by atoms with Crippen LogP contribution >= 0.6 is 0 Å². The summed E-state index contributed by atoms with van der Waals surface area (Å²) < 4.78 is 5.54. The van der Waals surface area contributed by atoms with Crippen LogP contribution in [0.4, 0.5) is 0 Å². The van der Waals surface area contributed by atoms with Crippen molar-refractivity contribution in [2.75, 3.05) is 6.61 Å². The second kappa shape index (κ2) is 5.92. The Morgan fingerprint density at radius 3 is 2.23 bits per heavy atom. The zero-order chi connectivity index (χ0) is 10.3. The highest BCUT2D eigenvalue weighted by molar-refractivity contribution is 5.88. The molecule has 0 fully saturated rings. The largest absolute Gasteiger partial charge is 0.368 e. The van der Waals surface area contributed by atoms with Gasteiger partial charge in [0.2, 0.25) is 0 Å². The Kier molecular flexibility index (Phi) is 5.63. The number of hydrogen-bond donors (Lipinski definition) is 0. The van der Waals surface area contributed by atoms with Crippen molar-refractivity contribution in [1.82, 2.24) is 0 Å². The first-order valence-electron chi connectivity index (χ1n) is 4.95. The van der Waals surface area contributed by atoms with E-state index in [1.165, 1.54) is 0 Å². The minimum absolute atomic E-state index is 0.148. The van der Waals surface area contributed by atoms with Crippen molar-refractivity contribution >= 4 is 5.78 Å². The molecule has 0 aliphatic carbocycles. The molecule has 2 nitrogen and oxygen atoms in total. The Morgan fingerprint density at radius 2 is 1.92 bits per heavy atom. The van der Waals surface area contributed by atoms with E-state index in [9.17, 15) is 4.79 Å². The number of carbonyl (C=O) groups is 1. The van der Waals surface area contributed by atoms with Gasteiger partial charge in [0.05, 0.1) is 0 Å². The number of ether oxygens (including phenoxy) is 1. The molecule has 0 heterocycles. The Bertz CT molecular complexity index is 169. The van der Waals surface area contributed by atoms with Crippen LogP contribution in [0.25, 0.3) is 0 Å². The minimum atomic E-state index is -0.567. The second-order valence-electron chi connectivity index (χ2n) is 3.05. The molecule has 0 N–H and O–H groups in total. The van der Waals surface area contributed by atoms with E-state index < -0.39 is 5.60 Å². The maximum atomic E-state index is 11.7. The molecule has 76 valence electrons. The fraction of sp³-hybridized carbons (Fsp3) is 0.727. The third-order valence-corrected chi connectivity index (χ3v) is 2.40. The van der Waals surface area contributed by atoms with Gasteiger partial charge >= 0.3 is 0 Å². The van der Waals surface area contributed by atoms with Gasteiger partial charge in [-0.2, -0.15) is 0 Å². The molecule has 0 aromatic rings. The lowest BCUT2D eigenvalue weighted by Crippen LogP contribution is -2.40. The quantitative estimate of drug-likeness (QED) is 0.569. The predicted octanol–water partition coefficient (Wildman–Crippen LogP) is 2.73. The summed E-state index contributed by atoms with van der Waals surface area (Å²) in [5.74, 6) is 0.148. The SMILES string of the molecule is C=CCC(=O)C(CC)(CC)OCC. The van der Waals surface area contributed by atoms with Crippen LogP contribution in [0.5, 0.6) is 0 Å². The van der Waals surface area contributed by atoms with E-state index in [0.29, 0.717) is 13.0 Å². The van der Waals surface area contributed by atoms with E-state index >= 15 is 0 Å². The molecule has 0 aromatic carbocycles. The van der Waals surface area contributed by atoms with Crippen molar-refractivity contribution in [3.63, 3.8) is 0 Å². The molecule has 0 radical (unpaired) electrons. The van der Waals surface area contributed by atoms with Gasteiger partial charge in [0.1, 0.15) is 5.60 Å². The number of allylic oxidation sites excluding steroid dienone is 1. The van der Waals surface area contributed by atoms with Crippen molar-refractivity contribution < 1.29 is 9.53 Å². The number of rotatable bonds is 7. The molecule has 0 atom stereocenters. The maximum Gasteiger partial charge on any atom is 0.168 e. The third-order valence-electron chi connectivity index (χ3n) is 2.40.